The zero-order chi connectivity index (χ0) is 15.1. The van der Waals surface area contributed by atoms with Crippen LogP contribution in [-0.2, 0) is 19.1 Å². The van der Waals surface area contributed by atoms with Crippen molar-refractivity contribution < 1.29 is 19.1 Å². The van der Waals surface area contributed by atoms with Gasteiger partial charge in [-0.3, -0.25) is 9.59 Å². The van der Waals surface area contributed by atoms with Crippen LogP contribution in [0.25, 0.3) is 0 Å². The molecule has 20 heavy (non-hydrogen) atoms. The maximum atomic E-state index is 12.3. The number of carbonyl (C=O) groups excluding carboxylic acids is 2. The van der Waals surface area contributed by atoms with E-state index in [9.17, 15) is 9.59 Å². The molecule has 0 saturated carbocycles. The minimum Gasteiger partial charge on any atom is -0.468 e. The topological polar surface area (TPSA) is 52.6 Å². The fraction of sp³-hybridized carbons (Fsp3) is 0.625. The third kappa shape index (κ3) is 1.98. The predicted octanol–water partition coefficient (Wildman–Crippen LogP) is 2.64. The Bertz CT molecular complexity index is 495. The molecular weight excluding hydrogens is 256 g/mol. The Morgan fingerprint density at radius 3 is 2.20 bits per heavy atom. The van der Waals surface area contributed by atoms with Crippen LogP contribution in [0, 0.1) is 16.7 Å². The van der Waals surface area contributed by atoms with Gasteiger partial charge < -0.3 is 9.47 Å². The molecule has 110 valence electrons. The Balaban J connectivity index is 2.48. The third-order valence-electron chi connectivity index (χ3n) is 4.72. The van der Waals surface area contributed by atoms with E-state index in [0.717, 1.165) is 5.57 Å². The lowest BCUT2D eigenvalue weighted by molar-refractivity contribution is -0.170. The highest BCUT2D eigenvalue weighted by molar-refractivity contribution is 6.00. The van der Waals surface area contributed by atoms with Crippen LogP contribution in [0.3, 0.4) is 0 Å². The fourth-order valence-electron chi connectivity index (χ4n) is 3.35. The number of rotatable bonds is 2. The molecule has 0 N–H and O–H groups in total. The highest BCUT2D eigenvalue weighted by Gasteiger charge is 2.55. The first-order valence-electron chi connectivity index (χ1n) is 6.85. The maximum absolute atomic E-state index is 12.3. The number of hydrogen-bond acceptors (Lipinski definition) is 4. The Labute approximate surface area is 119 Å². The summed E-state index contributed by atoms with van der Waals surface area (Å²) < 4.78 is 9.79. The first-order valence-corrected chi connectivity index (χ1v) is 6.85. The van der Waals surface area contributed by atoms with Gasteiger partial charge in [-0.15, -0.1) is 0 Å². The average molecular weight is 278 g/mol. The second-order valence-corrected chi connectivity index (χ2v) is 6.33. The van der Waals surface area contributed by atoms with E-state index in [4.69, 9.17) is 9.47 Å². The Morgan fingerprint density at radius 2 is 1.75 bits per heavy atom. The van der Waals surface area contributed by atoms with E-state index in [1.807, 2.05) is 13.0 Å². The van der Waals surface area contributed by atoms with Crippen LogP contribution in [0.2, 0.25) is 0 Å². The van der Waals surface area contributed by atoms with Gasteiger partial charge >= 0.3 is 11.9 Å². The molecule has 2 rings (SSSR count). The van der Waals surface area contributed by atoms with Crippen molar-refractivity contribution in [3.05, 3.63) is 23.3 Å². The maximum Gasteiger partial charge on any atom is 0.323 e. The fourth-order valence-corrected chi connectivity index (χ4v) is 3.35. The zero-order valence-electron chi connectivity index (χ0n) is 12.8. The molecule has 0 saturated heterocycles. The molecule has 0 bridgehead atoms. The van der Waals surface area contributed by atoms with Crippen LogP contribution in [0.15, 0.2) is 23.3 Å². The van der Waals surface area contributed by atoms with Gasteiger partial charge in [0.15, 0.2) is 5.41 Å². The van der Waals surface area contributed by atoms with Gasteiger partial charge in [-0.05, 0) is 36.7 Å². The van der Waals surface area contributed by atoms with Crippen LogP contribution in [0.1, 0.15) is 33.6 Å². The van der Waals surface area contributed by atoms with E-state index in [1.165, 1.54) is 19.8 Å². The van der Waals surface area contributed by atoms with Crippen LogP contribution in [-0.4, -0.2) is 26.2 Å². The minimum atomic E-state index is -1.22. The number of esters is 2. The third-order valence-corrected chi connectivity index (χ3v) is 4.72. The molecule has 0 aromatic heterocycles. The number of ether oxygens (including phenoxy) is 2. The van der Waals surface area contributed by atoms with E-state index in [0.29, 0.717) is 12.8 Å². The number of hydrogen-bond donors (Lipinski definition) is 0. The number of fused-ring (bicyclic) bond motifs is 1. The summed E-state index contributed by atoms with van der Waals surface area (Å²) in [6, 6.07) is 0. The predicted molar refractivity (Wildman–Crippen MR) is 74.8 cm³/mol. The van der Waals surface area contributed by atoms with E-state index >= 15 is 0 Å². The highest BCUT2D eigenvalue weighted by Crippen LogP contribution is 2.55. The molecule has 1 atom stereocenters. The second-order valence-electron chi connectivity index (χ2n) is 6.33. The van der Waals surface area contributed by atoms with Crippen molar-refractivity contribution in [1.82, 2.24) is 0 Å². The second kappa shape index (κ2) is 4.76. The van der Waals surface area contributed by atoms with Gasteiger partial charge in [0.1, 0.15) is 0 Å². The van der Waals surface area contributed by atoms with E-state index in [2.05, 4.69) is 19.9 Å². The number of carbonyl (C=O) groups is 2. The summed E-state index contributed by atoms with van der Waals surface area (Å²) in [5, 5.41) is 0. The van der Waals surface area contributed by atoms with Crippen molar-refractivity contribution in [3.8, 4) is 0 Å². The summed E-state index contributed by atoms with van der Waals surface area (Å²) in [4.78, 5) is 24.5. The van der Waals surface area contributed by atoms with Gasteiger partial charge in [0.25, 0.3) is 0 Å². The Morgan fingerprint density at radius 1 is 1.20 bits per heavy atom. The molecule has 0 radical (unpaired) electrons. The summed E-state index contributed by atoms with van der Waals surface area (Å²) >= 11 is 0. The first kappa shape index (κ1) is 14.8. The molecule has 2 aliphatic rings. The minimum absolute atomic E-state index is 0.0118. The van der Waals surface area contributed by atoms with Gasteiger partial charge in [-0.1, -0.05) is 31.6 Å². The van der Waals surface area contributed by atoms with Crippen molar-refractivity contribution in [2.75, 3.05) is 14.2 Å². The summed E-state index contributed by atoms with van der Waals surface area (Å²) in [6.45, 7) is 6.27. The summed E-state index contributed by atoms with van der Waals surface area (Å²) in [6.07, 6.45) is 4.95. The van der Waals surface area contributed by atoms with Gasteiger partial charge in [0.2, 0.25) is 0 Å². The van der Waals surface area contributed by atoms with Gasteiger partial charge in [-0.2, -0.15) is 0 Å². The first-order chi connectivity index (χ1) is 9.28. The quantitative estimate of drug-likeness (QED) is 0.575. The van der Waals surface area contributed by atoms with Crippen molar-refractivity contribution >= 4 is 11.9 Å². The van der Waals surface area contributed by atoms with E-state index in [-0.39, 0.29) is 11.3 Å². The largest absolute Gasteiger partial charge is 0.468 e. The standard InChI is InChI=1S/C16H22O4/c1-10-6-7-16(13(17)19-4,14(18)20-5)9-12-11(10)8-15(12,2)3/h6,8,12H,7,9H2,1-5H3/t12-/m0/s1. The van der Waals surface area contributed by atoms with E-state index in [1.54, 1.807) is 0 Å². The molecule has 0 spiro atoms. The molecule has 0 aromatic rings. The Kier molecular flexibility index (Phi) is 3.53. The van der Waals surface area contributed by atoms with Gasteiger partial charge in [0, 0.05) is 0 Å². The number of allylic oxidation sites excluding steroid dienone is 4. The van der Waals surface area contributed by atoms with Gasteiger partial charge in [-0.25, -0.2) is 0 Å². The summed E-state index contributed by atoms with van der Waals surface area (Å²) in [5.74, 6) is -0.825. The molecule has 0 amide bonds. The van der Waals surface area contributed by atoms with Crippen molar-refractivity contribution in [2.45, 2.75) is 33.6 Å². The lowest BCUT2D eigenvalue weighted by atomic mass is 9.58. The van der Waals surface area contributed by atoms with Crippen molar-refractivity contribution in [2.24, 2.45) is 16.7 Å². The zero-order valence-corrected chi connectivity index (χ0v) is 12.8. The molecule has 4 heteroatoms. The lowest BCUT2D eigenvalue weighted by Crippen LogP contribution is -2.45. The molecule has 0 heterocycles. The molecule has 2 aliphatic carbocycles. The molecule has 0 aliphatic heterocycles. The average Bonchev–Trinajstić information content (AvgIpc) is 2.55. The number of methoxy groups -OCH3 is 2. The van der Waals surface area contributed by atoms with Crippen LogP contribution < -0.4 is 0 Å². The SMILES string of the molecule is COC(=O)C1(C(=O)OC)CC=C(C)C2=CC(C)(C)[C@H]2C1. The summed E-state index contributed by atoms with van der Waals surface area (Å²) in [7, 11) is 2.63. The van der Waals surface area contributed by atoms with Crippen molar-refractivity contribution in [3.63, 3.8) is 0 Å². The van der Waals surface area contributed by atoms with Crippen molar-refractivity contribution in [1.29, 1.82) is 0 Å². The highest BCUT2D eigenvalue weighted by atomic mass is 16.5. The van der Waals surface area contributed by atoms with E-state index < -0.39 is 17.4 Å². The normalized spacial score (nSPS) is 26.1. The van der Waals surface area contributed by atoms with Gasteiger partial charge in [0.05, 0.1) is 14.2 Å². The Hall–Kier alpha value is -1.58. The van der Waals surface area contributed by atoms with Crippen LogP contribution in [0.5, 0.6) is 0 Å². The summed E-state index contributed by atoms with van der Waals surface area (Å²) in [5.41, 5.74) is 1.15. The molecule has 0 fully saturated rings. The monoisotopic (exact) mass is 278 g/mol. The smallest absolute Gasteiger partial charge is 0.323 e. The molecule has 4 nitrogen and oxygen atoms in total. The van der Waals surface area contributed by atoms with Crippen LogP contribution in [0.4, 0.5) is 0 Å². The lowest BCUT2D eigenvalue weighted by Gasteiger charge is -2.45. The van der Waals surface area contributed by atoms with Crippen LogP contribution >= 0.6 is 0 Å². The molecule has 0 unspecified atom stereocenters. The molecular formula is C16H22O4. The molecule has 0 aromatic carbocycles.